The average Bonchev–Trinajstić information content (AvgIpc) is 2.32. The second-order valence-electron chi connectivity index (χ2n) is 3.79. The van der Waals surface area contributed by atoms with Gasteiger partial charge in [-0.1, -0.05) is 28.1 Å². The largest absolute Gasteiger partial charge is 0.366 e. The van der Waals surface area contributed by atoms with Crippen molar-refractivity contribution in [2.45, 2.75) is 6.54 Å². The molecule has 0 saturated carbocycles. The highest BCUT2D eigenvalue weighted by molar-refractivity contribution is 14.1. The van der Waals surface area contributed by atoms with Crippen molar-refractivity contribution in [1.82, 2.24) is 9.97 Å². The quantitative estimate of drug-likeness (QED) is 0.443. The molecule has 0 aliphatic rings. The number of rotatable bonds is 3. The van der Waals surface area contributed by atoms with Crippen molar-refractivity contribution in [3.8, 4) is 0 Å². The van der Waals surface area contributed by atoms with Crippen LogP contribution in [0, 0.1) is 7.40 Å². The van der Waals surface area contributed by atoms with Gasteiger partial charge in [-0.3, -0.25) is 0 Å². The molecule has 2 rings (SSSR count). The van der Waals surface area contributed by atoms with Gasteiger partial charge in [-0.25, -0.2) is 9.97 Å². The maximum Gasteiger partial charge on any atom is 0.129 e. The monoisotopic (exact) mass is 529 g/mol. The highest BCUT2D eigenvalue weighted by atomic mass is 127. The minimum absolute atomic E-state index is 0.840. The first-order valence-electron chi connectivity index (χ1n) is 5.19. The topological polar surface area (TPSA) is 29.0 Å². The second-order valence-corrected chi connectivity index (χ2v) is 6.75. The molecule has 6 heteroatoms. The first kappa shape index (κ1) is 14.4. The van der Waals surface area contributed by atoms with Crippen molar-refractivity contribution in [2.75, 3.05) is 11.9 Å². The van der Waals surface area contributed by atoms with Gasteiger partial charge in [0.25, 0.3) is 0 Å². The number of aromatic nitrogens is 2. The van der Waals surface area contributed by atoms with E-state index in [9.17, 15) is 0 Å². The molecule has 94 valence electrons. The van der Waals surface area contributed by atoms with Crippen LogP contribution < -0.4 is 4.90 Å². The van der Waals surface area contributed by atoms with Gasteiger partial charge >= 0.3 is 0 Å². The van der Waals surface area contributed by atoms with E-state index in [0.29, 0.717) is 0 Å². The van der Waals surface area contributed by atoms with Crippen molar-refractivity contribution in [1.29, 1.82) is 0 Å². The summed E-state index contributed by atoms with van der Waals surface area (Å²) in [4.78, 5) is 10.7. The lowest BCUT2D eigenvalue weighted by Crippen LogP contribution is -2.19. The van der Waals surface area contributed by atoms with Crippen molar-refractivity contribution in [3.05, 3.63) is 48.0 Å². The lowest BCUT2D eigenvalue weighted by Gasteiger charge is -2.21. The summed E-state index contributed by atoms with van der Waals surface area (Å²) in [5, 5.41) is 0. The molecular formula is C12H10BrI2N3. The SMILES string of the molecule is CN(Cc1ccc(Br)cc1)c1c(I)ncnc1I. The van der Waals surface area contributed by atoms with Gasteiger partial charge in [0.2, 0.25) is 0 Å². The molecule has 3 nitrogen and oxygen atoms in total. The number of hydrogen-bond acceptors (Lipinski definition) is 3. The zero-order valence-corrected chi connectivity index (χ0v) is 15.5. The fraction of sp³-hybridized carbons (Fsp3) is 0.167. The molecule has 0 spiro atoms. The van der Waals surface area contributed by atoms with E-state index in [0.717, 1.165) is 24.1 Å². The Kier molecular flexibility index (Phi) is 5.19. The number of hydrogen-bond donors (Lipinski definition) is 0. The van der Waals surface area contributed by atoms with Crippen LogP contribution in [0.5, 0.6) is 0 Å². The molecule has 1 heterocycles. The number of nitrogens with zero attached hydrogens (tertiary/aromatic N) is 3. The van der Waals surface area contributed by atoms with E-state index in [1.807, 2.05) is 0 Å². The molecular weight excluding hydrogens is 520 g/mol. The average molecular weight is 530 g/mol. The predicted molar refractivity (Wildman–Crippen MR) is 93.7 cm³/mol. The molecule has 0 radical (unpaired) electrons. The van der Waals surface area contributed by atoms with Crippen LogP contribution in [-0.2, 0) is 6.54 Å². The number of anilines is 1. The summed E-state index contributed by atoms with van der Waals surface area (Å²) in [6, 6.07) is 8.34. The molecule has 18 heavy (non-hydrogen) atoms. The molecule has 0 aliphatic heterocycles. The molecule has 0 N–H and O–H groups in total. The first-order valence-corrected chi connectivity index (χ1v) is 8.14. The molecule has 0 bridgehead atoms. The van der Waals surface area contributed by atoms with Crippen LogP contribution in [0.1, 0.15) is 5.56 Å². The van der Waals surface area contributed by atoms with Crippen molar-refractivity contribution in [3.63, 3.8) is 0 Å². The fourth-order valence-electron chi connectivity index (χ4n) is 1.60. The summed E-state index contributed by atoms with van der Waals surface area (Å²) in [7, 11) is 2.06. The molecule has 0 amide bonds. The Morgan fingerprint density at radius 2 is 1.67 bits per heavy atom. The Hall–Kier alpha value is 0.0400. The van der Waals surface area contributed by atoms with Gasteiger partial charge in [-0.2, -0.15) is 0 Å². The molecule has 0 atom stereocenters. The molecule has 2 aromatic rings. The standard InChI is InChI=1S/C12H10BrI2N3/c1-18(6-8-2-4-9(13)5-3-8)10-11(14)16-7-17-12(10)15/h2-5,7H,6H2,1H3. The Morgan fingerprint density at radius 1 is 1.11 bits per heavy atom. The Balaban J connectivity index is 2.22. The summed E-state index contributed by atoms with van der Waals surface area (Å²) < 4.78 is 3.05. The summed E-state index contributed by atoms with van der Waals surface area (Å²) in [6.07, 6.45) is 1.60. The summed E-state index contributed by atoms with van der Waals surface area (Å²) in [5.74, 6) is 0. The van der Waals surface area contributed by atoms with E-state index in [4.69, 9.17) is 0 Å². The number of halogens is 3. The van der Waals surface area contributed by atoms with Gasteiger partial charge in [0.05, 0.1) is 0 Å². The molecule has 0 saturated heterocycles. The van der Waals surface area contributed by atoms with Crippen LogP contribution in [-0.4, -0.2) is 17.0 Å². The van der Waals surface area contributed by atoms with Gasteiger partial charge in [0.1, 0.15) is 19.4 Å². The summed E-state index contributed by atoms with van der Waals surface area (Å²) in [6.45, 7) is 0.840. The minimum Gasteiger partial charge on any atom is -0.366 e. The zero-order valence-electron chi connectivity index (χ0n) is 9.57. The molecule has 0 aliphatic carbocycles. The van der Waals surface area contributed by atoms with Gasteiger partial charge in [0, 0.05) is 18.1 Å². The van der Waals surface area contributed by atoms with E-state index in [-0.39, 0.29) is 0 Å². The highest BCUT2D eigenvalue weighted by Crippen LogP contribution is 2.25. The first-order chi connectivity index (χ1) is 8.58. The van der Waals surface area contributed by atoms with Crippen LogP contribution in [0.15, 0.2) is 35.1 Å². The number of benzene rings is 1. The van der Waals surface area contributed by atoms with Crippen molar-refractivity contribution in [2.24, 2.45) is 0 Å². The van der Waals surface area contributed by atoms with Crippen LogP contribution >= 0.6 is 61.1 Å². The van der Waals surface area contributed by atoms with Crippen LogP contribution in [0.2, 0.25) is 0 Å². The van der Waals surface area contributed by atoms with Gasteiger partial charge in [-0.15, -0.1) is 0 Å². The van der Waals surface area contributed by atoms with Crippen molar-refractivity contribution >= 4 is 66.8 Å². The van der Waals surface area contributed by atoms with E-state index in [1.54, 1.807) is 6.33 Å². The van der Waals surface area contributed by atoms with Crippen LogP contribution in [0.4, 0.5) is 5.69 Å². The molecule has 0 unspecified atom stereocenters. The third-order valence-corrected chi connectivity index (χ3v) is 4.56. The molecule has 1 aromatic heterocycles. The second kappa shape index (κ2) is 6.47. The normalized spacial score (nSPS) is 10.4. The van der Waals surface area contributed by atoms with Gasteiger partial charge in [-0.05, 0) is 62.9 Å². The van der Waals surface area contributed by atoms with E-state index in [1.165, 1.54) is 5.56 Å². The summed E-state index contributed by atoms with van der Waals surface area (Å²) in [5.41, 5.74) is 2.35. The Labute approximate surface area is 142 Å². The van der Waals surface area contributed by atoms with Gasteiger partial charge in [0.15, 0.2) is 0 Å². The minimum atomic E-state index is 0.840. The van der Waals surface area contributed by atoms with Crippen LogP contribution in [0.25, 0.3) is 0 Å². The summed E-state index contributed by atoms with van der Waals surface area (Å²) >= 11 is 7.93. The predicted octanol–water partition coefficient (Wildman–Crippen LogP) is 4.08. The van der Waals surface area contributed by atoms with E-state index < -0.39 is 0 Å². The highest BCUT2D eigenvalue weighted by Gasteiger charge is 2.12. The lowest BCUT2D eigenvalue weighted by atomic mass is 10.2. The molecule has 0 fully saturated rings. The zero-order chi connectivity index (χ0) is 13.1. The Bertz CT molecular complexity index is 525. The van der Waals surface area contributed by atoms with Gasteiger partial charge < -0.3 is 4.90 Å². The van der Waals surface area contributed by atoms with Crippen molar-refractivity contribution < 1.29 is 0 Å². The molecule has 1 aromatic carbocycles. The third-order valence-electron chi connectivity index (χ3n) is 2.45. The fourth-order valence-corrected chi connectivity index (χ4v) is 3.96. The smallest absolute Gasteiger partial charge is 0.129 e. The Morgan fingerprint density at radius 3 is 2.22 bits per heavy atom. The van der Waals surface area contributed by atoms with E-state index >= 15 is 0 Å². The maximum absolute atomic E-state index is 4.24. The third kappa shape index (κ3) is 3.53. The lowest BCUT2D eigenvalue weighted by molar-refractivity contribution is 0.894. The van der Waals surface area contributed by atoms with E-state index in [2.05, 4.69) is 107 Å². The van der Waals surface area contributed by atoms with Crippen LogP contribution in [0.3, 0.4) is 0 Å². The maximum atomic E-state index is 4.24.